The van der Waals surface area contributed by atoms with E-state index in [1.54, 1.807) is 12.1 Å². The molecule has 0 spiro atoms. The van der Waals surface area contributed by atoms with Crippen molar-refractivity contribution in [2.24, 2.45) is 11.5 Å². The molecule has 0 saturated heterocycles. The second-order valence-electron chi connectivity index (χ2n) is 4.64. The number of carbonyl (C=O) groups excluding carboxylic acids is 1. The minimum absolute atomic E-state index is 0.0535. The molecule has 0 aliphatic heterocycles. The van der Waals surface area contributed by atoms with Crippen molar-refractivity contribution in [1.29, 1.82) is 0 Å². The zero-order chi connectivity index (χ0) is 15.2. The Labute approximate surface area is 122 Å². The summed E-state index contributed by atoms with van der Waals surface area (Å²) in [5, 5.41) is 8.92. The van der Waals surface area contributed by atoms with E-state index >= 15 is 0 Å². The average Bonchev–Trinajstić information content (AvgIpc) is 2.49. The molecule has 0 aliphatic carbocycles. The molecular formula is C15H17N3O3. The maximum atomic E-state index is 11.1. The van der Waals surface area contributed by atoms with E-state index in [9.17, 15) is 4.79 Å². The summed E-state index contributed by atoms with van der Waals surface area (Å²) in [6, 6.07) is 10.0. The SMILES string of the molecule is NC(=O)c1ccnc(Oc2ccc(CC(N)CO)cc2)c1. The van der Waals surface area contributed by atoms with Crippen LogP contribution in [0.1, 0.15) is 15.9 Å². The van der Waals surface area contributed by atoms with E-state index < -0.39 is 5.91 Å². The molecule has 0 aliphatic rings. The topological polar surface area (TPSA) is 111 Å². The Morgan fingerprint density at radius 1 is 1.29 bits per heavy atom. The minimum Gasteiger partial charge on any atom is -0.439 e. The smallest absolute Gasteiger partial charge is 0.248 e. The van der Waals surface area contributed by atoms with Crippen LogP contribution in [0.15, 0.2) is 42.6 Å². The summed E-state index contributed by atoms with van der Waals surface area (Å²) in [4.78, 5) is 15.1. The molecule has 2 aromatic rings. The van der Waals surface area contributed by atoms with Crippen LogP contribution in [0.5, 0.6) is 11.6 Å². The fraction of sp³-hybridized carbons (Fsp3) is 0.200. The molecule has 2 rings (SSSR count). The van der Waals surface area contributed by atoms with Gasteiger partial charge in [0.1, 0.15) is 5.75 Å². The molecule has 0 bridgehead atoms. The number of pyridine rings is 1. The van der Waals surface area contributed by atoms with E-state index in [1.807, 2.05) is 12.1 Å². The fourth-order valence-electron chi connectivity index (χ4n) is 1.80. The standard InChI is InChI=1S/C15H17N3O3/c16-12(9-19)7-10-1-3-13(4-2-10)21-14-8-11(15(17)20)5-6-18-14/h1-6,8,12,19H,7,9,16H2,(H2,17,20). The second-order valence-corrected chi connectivity index (χ2v) is 4.64. The normalized spacial score (nSPS) is 11.9. The van der Waals surface area contributed by atoms with Gasteiger partial charge in [-0.05, 0) is 30.2 Å². The number of carbonyl (C=O) groups is 1. The molecule has 6 heteroatoms. The first kappa shape index (κ1) is 15.0. The molecule has 110 valence electrons. The van der Waals surface area contributed by atoms with Gasteiger partial charge in [-0.25, -0.2) is 4.98 Å². The summed E-state index contributed by atoms with van der Waals surface area (Å²) < 4.78 is 5.56. The van der Waals surface area contributed by atoms with Crippen molar-refractivity contribution < 1.29 is 14.6 Å². The third-order valence-electron chi connectivity index (χ3n) is 2.90. The van der Waals surface area contributed by atoms with E-state index in [0.717, 1.165) is 5.56 Å². The molecule has 5 N–H and O–H groups in total. The van der Waals surface area contributed by atoms with Crippen LogP contribution in [-0.2, 0) is 6.42 Å². The lowest BCUT2D eigenvalue weighted by Gasteiger charge is -2.09. The van der Waals surface area contributed by atoms with E-state index in [0.29, 0.717) is 23.6 Å². The lowest BCUT2D eigenvalue weighted by molar-refractivity contribution is 0.1000. The zero-order valence-corrected chi connectivity index (χ0v) is 11.4. The van der Waals surface area contributed by atoms with Crippen LogP contribution < -0.4 is 16.2 Å². The number of nitrogens with zero attached hydrogens (tertiary/aromatic N) is 1. The molecule has 1 atom stereocenters. The summed E-state index contributed by atoms with van der Waals surface area (Å²) in [7, 11) is 0. The average molecular weight is 287 g/mol. The predicted molar refractivity (Wildman–Crippen MR) is 78.0 cm³/mol. The van der Waals surface area contributed by atoms with Gasteiger partial charge in [0.2, 0.25) is 11.8 Å². The van der Waals surface area contributed by atoms with Crippen LogP contribution in [-0.4, -0.2) is 28.6 Å². The highest BCUT2D eigenvalue weighted by molar-refractivity contribution is 5.92. The minimum atomic E-state index is -0.532. The second kappa shape index (κ2) is 6.83. The number of aliphatic hydroxyl groups excluding tert-OH is 1. The number of benzene rings is 1. The monoisotopic (exact) mass is 287 g/mol. The van der Waals surface area contributed by atoms with Gasteiger partial charge in [-0.2, -0.15) is 0 Å². The van der Waals surface area contributed by atoms with Gasteiger partial charge in [0.15, 0.2) is 0 Å². The largest absolute Gasteiger partial charge is 0.439 e. The van der Waals surface area contributed by atoms with Crippen LogP contribution in [0.3, 0.4) is 0 Å². The van der Waals surface area contributed by atoms with E-state index in [1.165, 1.54) is 18.3 Å². The van der Waals surface area contributed by atoms with Gasteiger partial charge in [-0.3, -0.25) is 4.79 Å². The summed E-state index contributed by atoms with van der Waals surface area (Å²) in [5.74, 6) is 0.354. The van der Waals surface area contributed by atoms with Gasteiger partial charge in [-0.15, -0.1) is 0 Å². The van der Waals surface area contributed by atoms with Gasteiger partial charge in [0.25, 0.3) is 0 Å². The summed E-state index contributed by atoms with van der Waals surface area (Å²) in [5.41, 5.74) is 12.2. The van der Waals surface area contributed by atoms with Crippen LogP contribution in [0.25, 0.3) is 0 Å². The Hall–Kier alpha value is -2.44. The molecule has 0 saturated carbocycles. The van der Waals surface area contributed by atoms with Crippen molar-refractivity contribution >= 4 is 5.91 Å². The summed E-state index contributed by atoms with van der Waals surface area (Å²) in [6.45, 7) is -0.0535. The van der Waals surface area contributed by atoms with E-state index in [-0.39, 0.29) is 12.6 Å². The number of ether oxygens (including phenoxy) is 1. The van der Waals surface area contributed by atoms with Gasteiger partial charge in [0, 0.05) is 23.9 Å². The first-order valence-corrected chi connectivity index (χ1v) is 6.47. The number of aromatic nitrogens is 1. The molecule has 1 unspecified atom stereocenters. The number of hydrogen-bond acceptors (Lipinski definition) is 5. The van der Waals surface area contributed by atoms with Crippen LogP contribution in [0.4, 0.5) is 0 Å². The Bertz CT molecular complexity index is 614. The maximum absolute atomic E-state index is 11.1. The Balaban J connectivity index is 2.06. The first-order chi connectivity index (χ1) is 10.1. The highest BCUT2D eigenvalue weighted by Crippen LogP contribution is 2.20. The summed E-state index contributed by atoms with van der Waals surface area (Å²) in [6.07, 6.45) is 2.05. The third-order valence-corrected chi connectivity index (χ3v) is 2.90. The molecule has 1 amide bonds. The lowest BCUT2D eigenvalue weighted by atomic mass is 10.1. The number of amides is 1. The summed E-state index contributed by atoms with van der Waals surface area (Å²) >= 11 is 0. The molecule has 6 nitrogen and oxygen atoms in total. The quantitative estimate of drug-likeness (QED) is 0.728. The molecule has 21 heavy (non-hydrogen) atoms. The van der Waals surface area contributed by atoms with Crippen molar-refractivity contribution in [3.63, 3.8) is 0 Å². The molecule has 0 radical (unpaired) electrons. The molecule has 1 aromatic heterocycles. The number of hydrogen-bond donors (Lipinski definition) is 3. The highest BCUT2D eigenvalue weighted by atomic mass is 16.5. The van der Waals surface area contributed by atoms with Gasteiger partial charge in [-0.1, -0.05) is 12.1 Å². The van der Waals surface area contributed by atoms with Crippen LogP contribution >= 0.6 is 0 Å². The van der Waals surface area contributed by atoms with Gasteiger partial charge in [0.05, 0.1) is 6.61 Å². The van der Waals surface area contributed by atoms with Crippen LogP contribution in [0.2, 0.25) is 0 Å². The Morgan fingerprint density at radius 2 is 2.00 bits per heavy atom. The fourth-order valence-corrected chi connectivity index (χ4v) is 1.80. The molecule has 1 heterocycles. The van der Waals surface area contributed by atoms with Gasteiger partial charge < -0.3 is 21.3 Å². The molecular weight excluding hydrogens is 270 g/mol. The van der Waals surface area contributed by atoms with Crippen LogP contribution in [0, 0.1) is 0 Å². The highest BCUT2D eigenvalue weighted by Gasteiger charge is 2.06. The molecule has 0 fully saturated rings. The molecule has 1 aromatic carbocycles. The van der Waals surface area contributed by atoms with Crippen molar-refractivity contribution in [2.45, 2.75) is 12.5 Å². The predicted octanol–water partition coefficient (Wildman–Crippen LogP) is 0.835. The van der Waals surface area contributed by atoms with Crippen molar-refractivity contribution in [1.82, 2.24) is 4.98 Å². The van der Waals surface area contributed by atoms with Crippen molar-refractivity contribution in [3.05, 3.63) is 53.7 Å². The van der Waals surface area contributed by atoms with E-state index in [4.69, 9.17) is 21.3 Å². The van der Waals surface area contributed by atoms with Gasteiger partial charge >= 0.3 is 0 Å². The third kappa shape index (κ3) is 4.27. The maximum Gasteiger partial charge on any atom is 0.248 e. The van der Waals surface area contributed by atoms with Crippen molar-refractivity contribution in [2.75, 3.05) is 6.61 Å². The zero-order valence-electron chi connectivity index (χ0n) is 11.4. The number of aliphatic hydroxyl groups is 1. The lowest BCUT2D eigenvalue weighted by Crippen LogP contribution is -2.26. The number of nitrogens with two attached hydrogens (primary N) is 2. The van der Waals surface area contributed by atoms with E-state index in [2.05, 4.69) is 4.98 Å². The van der Waals surface area contributed by atoms with Crippen molar-refractivity contribution in [3.8, 4) is 11.6 Å². The number of rotatable bonds is 6. The first-order valence-electron chi connectivity index (χ1n) is 6.47. The Morgan fingerprint density at radius 3 is 2.62 bits per heavy atom. The Kier molecular flexibility index (Phi) is 4.86. The number of primary amides is 1.